The molecule has 176 valence electrons. The van der Waals surface area contributed by atoms with Crippen molar-refractivity contribution in [3.05, 3.63) is 40.9 Å². The molecule has 0 unspecified atom stereocenters. The summed E-state index contributed by atoms with van der Waals surface area (Å²) in [5, 5.41) is 13.6. The van der Waals surface area contributed by atoms with Crippen molar-refractivity contribution in [2.24, 2.45) is 0 Å². The first-order valence-electron chi connectivity index (χ1n) is 10.7. The predicted octanol–water partition coefficient (Wildman–Crippen LogP) is 2.15. The van der Waals surface area contributed by atoms with Gasteiger partial charge in [0.25, 0.3) is 6.01 Å². The largest absolute Gasteiger partial charge is 0.491 e. The van der Waals surface area contributed by atoms with E-state index in [1.807, 2.05) is 24.3 Å². The highest BCUT2D eigenvalue weighted by Gasteiger charge is 2.48. The molecule has 0 bridgehead atoms. The van der Waals surface area contributed by atoms with Gasteiger partial charge in [-0.15, -0.1) is 0 Å². The average molecular weight is 477 g/mol. The van der Waals surface area contributed by atoms with Gasteiger partial charge in [0, 0.05) is 13.7 Å². The lowest BCUT2D eigenvalue weighted by Crippen LogP contribution is -2.34. The van der Waals surface area contributed by atoms with Crippen LogP contribution < -0.4 is 14.8 Å². The van der Waals surface area contributed by atoms with Gasteiger partial charge in [0.05, 0.1) is 30.4 Å². The standard InChI is InChI=1S/C22H25ClN4O6/c1-29-5-6-30-13-4-2-3-12(7-13)9-24-20-14(23)8-15-21(26-20)27-22(25-15)33-17-11-32-18-16(28)10-31-19(17)18/h2-4,7-8,16-19,28H,5-6,9-11H2,1H3,(H2,24,25,26,27)/t16-,17-,18-,19-/m1/s1. The zero-order chi connectivity index (χ0) is 22.8. The highest BCUT2D eigenvalue weighted by Crippen LogP contribution is 2.31. The van der Waals surface area contributed by atoms with Crippen LogP contribution in [0.5, 0.6) is 11.8 Å². The molecule has 0 aliphatic carbocycles. The van der Waals surface area contributed by atoms with E-state index in [0.29, 0.717) is 54.4 Å². The quantitative estimate of drug-likeness (QED) is 0.399. The third-order valence-corrected chi connectivity index (χ3v) is 5.85. The number of aliphatic hydroxyl groups is 1. The van der Waals surface area contributed by atoms with Crippen LogP contribution in [0.2, 0.25) is 5.02 Å². The zero-order valence-corrected chi connectivity index (χ0v) is 18.7. The second-order valence-corrected chi connectivity index (χ2v) is 8.30. The molecule has 3 aromatic rings. The highest BCUT2D eigenvalue weighted by atomic mass is 35.5. The molecule has 2 aliphatic rings. The second kappa shape index (κ2) is 9.70. The summed E-state index contributed by atoms with van der Waals surface area (Å²) in [7, 11) is 1.64. The van der Waals surface area contributed by atoms with E-state index < -0.39 is 6.10 Å². The predicted molar refractivity (Wildman–Crippen MR) is 120 cm³/mol. The van der Waals surface area contributed by atoms with Gasteiger partial charge in [-0.1, -0.05) is 23.7 Å². The summed E-state index contributed by atoms with van der Waals surface area (Å²) >= 11 is 6.43. The Labute approximate surface area is 195 Å². The summed E-state index contributed by atoms with van der Waals surface area (Å²) in [6, 6.07) is 9.82. The SMILES string of the molecule is COCCOc1cccc(CNc2nc3nc(O[C@@H]4CO[C@H]5[C@@H]4OC[C@H]5O)[nH]c3cc2Cl)c1. The first kappa shape index (κ1) is 22.2. The number of rotatable bonds is 9. The molecule has 1 aromatic carbocycles. The smallest absolute Gasteiger partial charge is 0.296 e. The van der Waals surface area contributed by atoms with E-state index in [1.54, 1.807) is 13.2 Å². The number of nitrogens with one attached hydrogen (secondary N) is 2. The maximum Gasteiger partial charge on any atom is 0.296 e. The summed E-state index contributed by atoms with van der Waals surface area (Å²) in [4.78, 5) is 12.0. The number of H-pyrrole nitrogens is 1. The molecule has 11 heteroatoms. The van der Waals surface area contributed by atoms with Crippen LogP contribution in [0.15, 0.2) is 30.3 Å². The molecule has 33 heavy (non-hydrogen) atoms. The summed E-state index contributed by atoms with van der Waals surface area (Å²) in [5.74, 6) is 1.28. The van der Waals surface area contributed by atoms with Crippen LogP contribution in [0.25, 0.3) is 11.2 Å². The number of benzene rings is 1. The minimum absolute atomic E-state index is 0.240. The van der Waals surface area contributed by atoms with E-state index in [9.17, 15) is 5.11 Å². The molecule has 2 saturated heterocycles. The Morgan fingerprint density at radius 3 is 2.94 bits per heavy atom. The van der Waals surface area contributed by atoms with Crippen molar-refractivity contribution in [3.63, 3.8) is 0 Å². The van der Waals surface area contributed by atoms with Gasteiger partial charge in [-0.2, -0.15) is 4.98 Å². The van der Waals surface area contributed by atoms with Crippen LogP contribution in [-0.2, 0) is 20.8 Å². The van der Waals surface area contributed by atoms with Crippen LogP contribution in [0.1, 0.15) is 5.56 Å². The summed E-state index contributed by atoms with van der Waals surface area (Å²) in [6.45, 7) is 2.08. The van der Waals surface area contributed by atoms with Crippen LogP contribution >= 0.6 is 11.6 Å². The number of imidazole rings is 1. The number of hydrogen-bond donors (Lipinski definition) is 3. The summed E-state index contributed by atoms with van der Waals surface area (Å²) in [5.41, 5.74) is 2.14. The number of fused-ring (bicyclic) bond motifs is 2. The molecule has 2 aliphatic heterocycles. The number of nitrogens with zero attached hydrogens (tertiary/aromatic N) is 2. The average Bonchev–Trinajstić information content (AvgIpc) is 3.49. The Kier molecular flexibility index (Phi) is 6.52. The number of pyridine rings is 1. The second-order valence-electron chi connectivity index (χ2n) is 7.89. The van der Waals surface area contributed by atoms with Crippen molar-refractivity contribution >= 4 is 28.6 Å². The number of aromatic nitrogens is 3. The number of ether oxygens (including phenoxy) is 5. The van der Waals surface area contributed by atoms with E-state index in [4.69, 9.17) is 35.3 Å². The number of halogens is 1. The van der Waals surface area contributed by atoms with Gasteiger partial charge < -0.3 is 39.1 Å². The Balaban J connectivity index is 1.24. The van der Waals surface area contributed by atoms with Gasteiger partial charge in [-0.25, -0.2) is 4.98 Å². The van der Waals surface area contributed by atoms with Gasteiger partial charge in [0.1, 0.15) is 36.5 Å². The molecular weight excluding hydrogens is 452 g/mol. The van der Waals surface area contributed by atoms with Gasteiger partial charge >= 0.3 is 0 Å². The van der Waals surface area contributed by atoms with Gasteiger partial charge in [0.15, 0.2) is 11.8 Å². The molecule has 0 spiro atoms. The van der Waals surface area contributed by atoms with Crippen molar-refractivity contribution < 1.29 is 28.8 Å². The molecule has 10 nitrogen and oxygen atoms in total. The maximum absolute atomic E-state index is 9.88. The molecule has 0 saturated carbocycles. The van der Waals surface area contributed by atoms with Crippen LogP contribution in [-0.4, -0.2) is 78.0 Å². The van der Waals surface area contributed by atoms with Crippen molar-refractivity contribution in [2.45, 2.75) is 31.0 Å². The van der Waals surface area contributed by atoms with Crippen molar-refractivity contribution in [2.75, 3.05) is 38.9 Å². The lowest BCUT2D eigenvalue weighted by Gasteiger charge is -2.15. The highest BCUT2D eigenvalue weighted by molar-refractivity contribution is 6.33. The van der Waals surface area contributed by atoms with E-state index in [1.165, 1.54) is 0 Å². The first-order valence-corrected chi connectivity index (χ1v) is 11.1. The Hall–Kier alpha value is -2.63. The number of hydrogen-bond acceptors (Lipinski definition) is 9. The van der Waals surface area contributed by atoms with E-state index >= 15 is 0 Å². The Bertz CT molecular complexity index is 1110. The molecule has 4 heterocycles. The zero-order valence-electron chi connectivity index (χ0n) is 18.0. The lowest BCUT2D eigenvalue weighted by atomic mass is 10.1. The van der Waals surface area contributed by atoms with Crippen molar-refractivity contribution in [1.29, 1.82) is 0 Å². The molecule has 3 N–H and O–H groups in total. The first-order chi connectivity index (χ1) is 16.1. The molecule has 2 fully saturated rings. The number of anilines is 1. The third-order valence-electron chi connectivity index (χ3n) is 5.56. The summed E-state index contributed by atoms with van der Waals surface area (Å²) in [6.07, 6.45) is -1.69. The van der Waals surface area contributed by atoms with Crippen LogP contribution in [0.3, 0.4) is 0 Å². The molecule has 2 aromatic heterocycles. The fraction of sp³-hybridized carbons (Fsp3) is 0.455. The van der Waals surface area contributed by atoms with Crippen LogP contribution in [0, 0.1) is 0 Å². The van der Waals surface area contributed by atoms with E-state index in [0.717, 1.165) is 11.3 Å². The number of aromatic amines is 1. The fourth-order valence-electron chi connectivity index (χ4n) is 3.94. The maximum atomic E-state index is 9.88. The molecule has 0 amide bonds. The van der Waals surface area contributed by atoms with Gasteiger partial charge in [-0.05, 0) is 23.8 Å². The van der Waals surface area contributed by atoms with E-state index in [2.05, 4.69) is 20.3 Å². The lowest BCUT2D eigenvalue weighted by molar-refractivity contribution is 0.00706. The topological polar surface area (TPSA) is 120 Å². The molecule has 0 radical (unpaired) electrons. The Morgan fingerprint density at radius 2 is 2.06 bits per heavy atom. The number of aliphatic hydroxyl groups excluding tert-OH is 1. The molecule has 5 rings (SSSR count). The van der Waals surface area contributed by atoms with Gasteiger partial charge in [-0.3, -0.25) is 0 Å². The summed E-state index contributed by atoms with van der Waals surface area (Å²) < 4.78 is 27.8. The Morgan fingerprint density at radius 1 is 1.18 bits per heavy atom. The van der Waals surface area contributed by atoms with Crippen molar-refractivity contribution in [1.82, 2.24) is 15.0 Å². The molecular formula is C22H25ClN4O6. The molecule has 4 atom stereocenters. The minimum atomic E-state index is -0.633. The van der Waals surface area contributed by atoms with E-state index in [-0.39, 0.29) is 24.9 Å². The minimum Gasteiger partial charge on any atom is -0.491 e. The van der Waals surface area contributed by atoms with Crippen molar-refractivity contribution in [3.8, 4) is 11.8 Å². The monoisotopic (exact) mass is 476 g/mol. The normalized spacial score (nSPS) is 24.2. The number of methoxy groups -OCH3 is 1. The van der Waals surface area contributed by atoms with Crippen LogP contribution in [0.4, 0.5) is 5.82 Å². The third kappa shape index (κ3) is 4.85. The van der Waals surface area contributed by atoms with Gasteiger partial charge in [0.2, 0.25) is 0 Å². The fourth-order valence-corrected chi connectivity index (χ4v) is 4.16.